The van der Waals surface area contributed by atoms with Crippen molar-refractivity contribution >= 4 is 27.4 Å². The molecular weight excluding hydrogens is 327 g/mol. The lowest BCUT2D eigenvalue weighted by Gasteiger charge is -2.03. The Morgan fingerprint density at radius 3 is 2.83 bits per heavy atom. The van der Waals surface area contributed by atoms with Crippen LogP contribution in [-0.4, -0.2) is 15.1 Å². The number of rotatable bonds is 4. The van der Waals surface area contributed by atoms with Crippen LogP contribution in [0.4, 0.5) is 10.2 Å². The fourth-order valence-corrected chi connectivity index (χ4v) is 3.29. The van der Waals surface area contributed by atoms with Crippen molar-refractivity contribution in [3.05, 3.63) is 59.2 Å². The summed E-state index contributed by atoms with van der Waals surface area (Å²) in [6.07, 6.45) is 1.55. The first-order valence-electron chi connectivity index (χ1n) is 7.35. The van der Waals surface area contributed by atoms with Gasteiger partial charge < -0.3 is 9.84 Å². The van der Waals surface area contributed by atoms with Crippen molar-refractivity contribution in [2.24, 2.45) is 0 Å². The van der Waals surface area contributed by atoms with Crippen molar-refractivity contribution < 1.29 is 8.91 Å². The van der Waals surface area contributed by atoms with E-state index in [-0.39, 0.29) is 5.82 Å². The summed E-state index contributed by atoms with van der Waals surface area (Å²) < 4.78 is 18.3. The number of nitrogens with zero attached hydrogens (tertiary/aromatic N) is 3. The molecule has 4 rings (SSSR count). The van der Waals surface area contributed by atoms with E-state index >= 15 is 0 Å². The first-order chi connectivity index (χ1) is 11.7. The fourth-order valence-electron chi connectivity index (χ4n) is 2.44. The highest BCUT2D eigenvalue weighted by molar-refractivity contribution is 7.18. The molecule has 0 radical (unpaired) electrons. The Labute approximate surface area is 141 Å². The third-order valence-corrected chi connectivity index (χ3v) is 4.54. The van der Waals surface area contributed by atoms with Crippen LogP contribution in [0, 0.1) is 12.7 Å². The Hall–Kier alpha value is -2.80. The van der Waals surface area contributed by atoms with Crippen LogP contribution in [0.15, 0.2) is 47.2 Å². The first kappa shape index (κ1) is 14.8. The second-order valence-corrected chi connectivity index (χ2v) is 6.57. The molecule has 0 saturated carbocycles. The van der Waals surface area contributed by atoms with Gasteiger partial charge in [-0.2, -0.15) is 0 Å². The minimum atomic E-state index is -0.275. The van der Waals surface area contributed by atoms with Gasteiger partial charge in [0.2, 0.25) is 0 Å². The molecule has 5 nitrogen and oxygen atoms in total. The van der Waals surface area contributed by atoms with Crippen LogP contribution >= 0.6 is 11.3 Å². The number of hydrogen-bond donors (Lipinski definition) is 1. The van der Waals surface area contributed by atoms with E-state index in [1.165, 1.54) is 17.0 Å². The number of aryl methyl sites for hydroxylation is 1. The minimum absolute atomic E-state index is 0.275. The monoisotopic (exact) mass is 340 g/mol. The van der Waals surface area contributed by atoms with Crippen molar-refractivity contribution in [1.82, 2.24) is 15.1 Å². The lowest BCUT2D eigenvalue weighted by atomic mass is 10.1. The summed E-state index contributed by atoms with van der Waals surface area (Å²) >= 11 is 1.63. The third-order valence-electron chi connectivity index (χ3n) is 3.58. The van der Waals surface area contributed by atoms with Gasteiger partial charge in [-0.3, -0.25) is 0 Å². The number of aromatic nitrogens is 3. The number of benzene rings is 1. The number of nitrogens with one attached hydrogen (secondary N) is 1. The van der Waals surface area contributed by atoms with Crippen molar-refractivity contribution in [2.75, 3.05) is 5.32 Å². The largest absolute Gasteiger partial charge is 0.362 e. The Balaban J connectivity index is 1.53. The molecule has 1 aromatic carbocycles. The molecule has 3 heterocycles. The Kier molecular flexibility index (Phi) is 3.70. The molecule has 0 atom stereocenters. The molecule has 3 aromatic heterocycles. The summed E-state index contributed by atoms with van der Waals surface area (Å²) in [5, 5.41) is 8.28. The smallest absolute Gasteiger partial charge is 0.156 e. The molecule has 0 bridgehead atoms. The van der Waals surface area contributed by atoms with Gasteiger partial charge in [0.15, 0.2) is 5.76 Å². The average molecular weight is 340 g/mol. The normalized spacial score (nSPS) is 11.1. The van der Waals surface area contributed by atoms with E-state index in [0.717, 1.165) is 21.6 Å². The summed E-state index contributed by atoms with van der Waals surface area (Å²) in [6, 6.07) is 10.0. The quantitative estimate of drug-likeness (QED) is 0.596. The van der Waals surface area contributed by atoms with Crippen LogP contribution in [0.5, 0.6) is 0 Å². The van der Waals surface area contributed by atoms with E-state index in [9.17, 15) is 4.39 Å². The van der Waals surface area contributed by atoms with Gasteiger partial charge in [-0.05, 0) is 37.3 Å². The van der Waals surface area contributed by atoms with E-state index in [4.69, 9.17) is 4.52 Å². The van der Waals surface area contributed by atoms with Crippen molar-refractivity contribution in [1.29, 1.82) is 0 Å². The number of fused-ring (bicyclic) bond motifs is 1. The van der Waals surface area contributed by atoms with Gasteiger partial charge in [-0.25, -0.2) is 14.4 Å². The predicted molar refractivity (Wildman–Crippen MR) is 91.4 cm³/mol. The number of anilines is 1. The summed E-state index contributed by atoms with van der Waals surface area (Å²) in [5.41, 5.74) is 1.48. The molecule has 0 saturated heterocycles. The molecule has 0 spiro atoms. The molecule has 0 fully saturated rings. The van der Waals surface area contributed by atoms with Gasteiger partial charge in [-0.15, -0.1) is 11.3 Å². The Morgan fingerprint density at radius 1 is 1.17 bits per heavy atom. The van der Waals surface area contributed by atoms with Crippen LogP contribution in [-0.2, 0) is 6.54 Å². The van der Waals surface area contributed by atoms with Crippen LogP contribution in [0.2, 0.25) is 0 Å². The molecule has 120 valence electrons. The maximum atomic E-state index is 13.0. The van der Waals surface area contributed by atoms with Gasteiger partial charge in [0.1, 0.15) is 28.5 Å². The summed E-state index contributed by atoms with van der Waals surface area (Å²) in [5.74, 6) is 1.17. The fraction of sp³-hybridized carbons (Fsp3) is 0.118. The van der Waals surface area contributed by atoms with Gasteiger partial charge in [0.05, 0.1) is 11.9 Å². The van der Waals surface area contributed by atoms with Crippen molar-refractivity contribution in [3.8, 4) is 11.3 Å². The number of thiophene rings is 1. The zero-order valence-electron chi connectivity index (χ0n) is 12.8. The van der Waals surface area contributed by atoms with E-state index in [1.54, 1.807) is 29.8 Å². The highest BCUT2D eigenvalue weighted by atomic mass is 32.1. The maximum Gasteiger partial charge on any atom is 0.156 e. The third kappa shape index (κ3) is 2.85. The lowest BCUT2D eigenvalue weighted by molar-refractivity contribution is 0.390. The molecule has 0 aliphatic heterocycles. The second kappa shape index (κ2) is 6.01. The van der Waals surface area contributed by atoms with Crippen LogP contribution < -0.4 is 5.32 Å². The molecule has 1 N–H and O–H groups in total. The molecule has 4 aromatic rings. The van der Waals surface area contributed by atoms with E-state index < -0.39 is 0 Å². The molecule has 0 aliphatic carbocycles. The molecule has 0 unspecified atom stereocenters. The van der Waals surface area contributed by atoms with E-state index in [1.807, 2.05) is 13.0 Å². The predicted octanol–water partition coefficient (Wildman–Crippen LogP) is 4.41. The standard InChI is InChI=1S/C17H13FN4OS/c1-10-6-14-16(20-9-21-17(14)24-10)19-8-13-7-15(22-23-13)11-2-4-12(18)5-3-11/h2-7,9H,8H2,1H3,(H,19,20,21). The molecular formula is C17H13FN4OS. The van der Waals surface area contributed by atoms with Crippen LogP contribution in [0.25, 0.3) is 21.5 Å². The highest BCUT2D eigenvalue weighted by Gasteiger charge is 2.10. The van der Waals surface area contributed by atoms with Crippen LogP contribution in [0.3, 0.4) is 0 Å². The van der Waals surface area contributed by atoms with E-state index in [0.29, 0.717) is 18.0 Å². The molecule has 24 heavy (non-hydrogen) atoms. The lowest BCUT2D eigenvalue weighted by Crippen LogP contribution is -2.00. The highest BCUT2D eigenvalue weighted by Crippen LogP contribution is 2.28. The van der Waals surface area contributed by atoms with Crippen molar-refractivity contribution in [2.45, 2.75) is 13.5 Å². The first-order valence-corrected chi connectivity index (χ1v) is 8.17. The molecule has 0 aliphatic rings. The minimum Gasteiger partial charge on any atom is -0.362 e. The van der Waals surface area contributed by atoms with Gasteiger partial charge >= 0.3 is 0 Å². The topological polar surface area (TPSA) is 63.8 Å². The summed E-state index contributed by atoms with van der Waals surface area (Å²) in [4.78, 5) is 10.7. The van der Waals surface area contributed by atoms with Gasteiger partial charge in [-0.1, -0.05) is 5.16 Å². The maximum absolute atomic E-state index is 13.0. The summed E-state index contributed by atoms with van der Waals surface area (Å²) in [7, 11) is 0. The Morgan fingerprint density at radius 2 is 2.00 bits per heavy atom. The zero-order chi connectivity index (χ0) is 16.5. The molecule has 7 heteroatoms. The number of halogens is 1. The zero-order valence-corrected chi connectivity index (χ0v) is 13.6. The van der Waals surface area contributed by atoms with Crippen LogP contribution in [0.1, 0.15) is 10.6 Å². The van der Waals surface area contributed by atoms with E-state index in [2.05, 4.69) is 26.5 Å². The SMILES string of the molecule is Cc1cc2c(NCc3cc(-c4ccc(F)cc4)no3)ncnc2s1. The Bertz CT molecular complexity index is 993. The van der Waals surface area contributed by atoms with Crippen molar-refractivity contribution in [3.63, 3.8) is 0 Å². The van der Waals surface area contributed by atoms with Gasteiger partial charge in [0, 0.05) is 16.5 Å². The molecule has 0 amide bonds. The number of hydrogen-bond acceptors (Lipinski definition) is 6. The summed E-state index contributed by atoms with van der Waals surface area (Å²) in [6.45, 7) is 2.50. The average Bonchev–Trinajstić information content (AvgIpc) is 3.19. The van der Waals surface area contributed by atoms with Gasteiger partial charge in [0.25, 0.3) is 0 Å². The second-order valence-electron chi connectivity index (χ2n) is 5.34.